The summed E-state index contributed by atoms with van der Waals surface area (Å²) in [5, 5.41) is 10.9. The second kappa shape index (κ2) is 9.51. The zero-order chi connectivity index (χ0) is 22.8. The van der Waals surface area contributed by atoms with Gasteiger partial charge in [0.1, 0.15) is 17.3 Å². The molecule has 7 nitrogen and oxygen atoms in total. The predicted molar refractivity (Wildman–Crippen MR) is 123 cm³/mol. The number of benzene rings is 2. The minimum atomic E-state index is -0.489. The lowest BCUT2D eigenvalue weighted by Crippen LogP contribution is -2.17. The van der Waals surface area contributed by atoms with Gasteiger partial charge in [0.2, 0.25) is 0 Å². The largest absolute Gasteiger partial charge is 0.497 e. The Labute approximate surface area is 188 Å². The molecule has 2 saturated carbocycles. The number of rotatable bonds is 7. The zero-order valence-electron chi connectivity index (χ0n) is 18.3. The molecular formula is C25H31NO6. The van der Waals surface area contributed by atoms with Crippen LogP contribution >= 0.6 is 0 Å². The van der Waals surface area contributed by atoms with Crippen LogP contribution in [0.4, 0.5) is 5.69 Å². The quantitative estimate of drug-likeness (QED) is 0.434. The summed E-state index contributed by atoms with van der Waals surface area (Å²) in [6, 6.07) is 12.6. The van der Waals surface area contributed by atoms with E-state index in [1.807, 2.05) is 24.3 Å². The molecule has 0 radical (unpaired) electrons. The van der Waals surface area contributed by atoms with Crippen molar-refractivity contribution in [3.05, 3.63) is 63.7 Å². The number of carbonyl (C=O) groups excluding carboxylic acids is 2. The third kappa shape index (κ3) is 4.66. The van der Waals surface area contributed by atoms with Gasteiger partial charge >= 0.3 is 5.69 Å². The van der Waals surface area contributed by atoms with Gasteiger partial charge in [-0.25, -0.2) is 0 Å². The molecule has 0 unspecified atom stereocenters. The fourth-order valence-corrected chi connectivity index (χ4v) is 3.98. The van der Waals surface area contributed by atoms with Gasteiger partial charge in [0, 0.05) is 6.07 Å². The Bertz CT molecular complexity index is 1000. The summed E-state index contributed by atoms with van der Waals surface area (Å²) in [4.78, 5) is 33.4. The maximum Gasteiger partial charge on any atom is 0.311 e. The molecule has 2 fully saturated rings. The normalized spacial score (nSPS) is 16.4. The second-order valence-electron chi connectivity index (χ2n) is 8.15. The lowest BCUT2D eigenvalue weighted by Gasteiger charge is -2.12. The summed E-state index contributed by atoms with van der Waals surface area (Å²) in [7, 11) is 3.03. The van der Waals surface area contributed by atoms with Crippen molar-refractivity contribution in [2.75, 3.05) is 14.2 Å². The van der Waals surface area contributed by atoms with Crippen LogP contribution in [-0.4, -0.2) is 30.7 Å². The van der Waals surface area contributed by atoms with Crippen molar-refractivity contribution in [2.45, 2.75) is 57.8 Å². The molecule has 0 saturated heterocycles. The van der Waals surface area contributed by atoms with Crippen LogP contribution in [0.2, 0.25) is 0 Å². The van der Waals surface area contributed by atoms with Gasteiger partial charge in [-0.05, 0) is 68.9 Å². The van der Waals surface area contributed by atoms with Crippen molar-refractivity contribution in [1.29, 1.82) is 0 Å². The van der Waals surface area contributed by atoms with E-state index >= 15 is 0 Å². The lowest BCUT2D eigenvalue weighted by atomic mass is 9.91. The Hall–Kier alpha value is -3.22. The summed E-state index contributed by atoms with van der Waals surface area (Å²) in [6.45, 7) is 3.21. The number of ether oxygens (including phenoxy) is 2. The first-order valence-corrected chi connectivity index (χ1v) is 10.2. The molecule has 2 aromatic rings. The number of nitrogens with zero attached hydrogens (tertiary/aromatic N) is 1. The van der Waals surface area contributed by atoms with E-state index in [-0.39, 0.29) is 35.8 Å². The molecule has 0 aromatic heterocycles. The molecule has 2 aromatic carbocycles. The molecule has 0 atom stereocenters. The van der Waals surface area contributed by atoms with Gasteiger partial charge in [-0.3, -0.25) is 19.7 Å². The highest BCUT2D eigenvalue weighted by Crippen LogP contribution is 2.50. The number of nitro benzene ring substituents is 1. The topological polar surface area (TPSA) is 95.7 Å². The number of hydrogen-bond donors (Lipinski definition) is 0. The van der Waals surface area contributed by atoms with Crippen LogP contribution in [0.3, 0.4) is 0 Å². The molecule has 0 N–H and O–H groups in total. The van der Waals surface area contributed by atoms with Gasteiger partial charge in [-0.2, -0.15) is 0 Å². The fourth-order valence-electron chi connectivity index (χ4n) is 3.98. The van der Waals surface area contributed by atoms with E-state index in [0.29, 0.717) is 0 Å². The number of ketones is 2. The van der Waals surface area contributed by atoms with Crippen molar-refractivity contribution >= 4 is 17.3 Å². The van der Waals surface area contributed by atoms with Gasteiger partial charge < -0.3 is 9.47 Å². The number of methoxy groups -OCH3 is 2. The van der Waals surface area contributed by atoms with Gasteiger partial charge in [-0.15, -0.1) is 0 Å². The first-order valence-electron chi connectivity index (χ1n) is 10.2. The van der Waals surface area contributed by atoms with E-state index in [2.05, 4.69) is 0 Å². The van der Waals surface area contributed by atoms with Crippen LogP contribution in [0.5, 0.6) is 11.5 Å². The highest BCUT2D eigenvalue weighted by molar-refractivity contribution is 5.91. The highest BCUT2D eigenvalue weighted by Gasteiger charge is 2.49. The van der Waals surface area contributed by atoms with E-state index < -0.39 is 10.3 Å². The van der Waals surface area contributed by atoms with E-state index in [4.69, 9.17) is 9.47 Å². The average molecular weight is 442 g/mol. The highest BCUT2D eigenvalue weighted by atomic mass is 16.6. The van der Waals surface area contributed by atoms with Crippen molar-refractivity contribution < 1.29 is 24.0 Å². The van der Waals surface area contributed by atoms with Crippen LogP contribution in [0.1, 0.15) is 58.1 Å². The summed E-state index contributed by atoms with van der Waals surface area (Å²) in [5.74, 6) is 1.41. The Morgan fingerprint density at radius 1 is 0.844 bits per heavy atom. The van der Waals surface area contributed by atoms with Crippen LogP contribution in [0.15, 0.2) is 42.5 Å². The first kappa shape index (κ1) is 25.0. The van der Waals surface area contributed by atoms with Gasteiger partial charge in [0.05, 0.1) is 30.0 Å². The van der Waals surface area contributed by atoms with E-state index in [1.165, 1.54) is 20.1 Å². The molecule has 7 heteroatoms. The third-order valence-electron chi connectivity index (χ3n) is 6.42. The van der Waals surface area contributed by atoms with Crippen molar-refractivity contribution in [2.24, 2.45) is 0 Å². The minimum absolute atomic E-state index is 0. The Kier molecular flexibility index (Phi) is 7.44. The molecular weight excluding hydrogens is 410 g/mol. The summed E-state index contributed by atoms with van der Waals surface area (Å²) in [6.07, 6.45) is 3.53. The summed E-state index contributed by atoms with van der Waals surface area (Å²) >= 11 is 0. The van der Waals surface area contributed by atoms with Gasteiger partial charge in [0.25, 0.3) is 0 Å². The smallest absolute Gasteiger partial charge is 0.311 e. The molecule has 0 heterocycles. The molecule has 2 aliphatic rings. The van der Waals surface area contributed by atoms with Crippen LogP contribution in [-0.2, 0) is 20.4 Å². The lowest BCUT2D eigenvalue weighted by molar-refractivity contribution is -0.385. The van der Waals surface area contributed by atoms with Gasteiger partial charge in [0.15, 0.2) is 5.75 Å². The minimum Gasteiger partial charge on any atom is -0.497 e. The van der Waals surface area contributed by atoms with Crippen molar-refractivity contribution in [1.82, 2.24) is 0 Å². The Morgan fingerprint density at radius 3 is 1.69 bits per heavy atom. The second-order valence-corrected chi connectivity index (χ2v) is 8.15. The van der Waals surface area contributed by atoms with Crippen LogP contribution in [0, 0.1) is 10.1 Å². The van der Waals surface area contributed by atoms with E-state index in [1.54, 1.807) is 26.2 Å². The van der Waals surface area contributed by atoms with Crippen LogP contribution in [0.25, 0.3) is 0 Å². The Balaban J connectivity index is 0.000000224. The number of carbonyl (C=O) groups is 2. The summed E-state index contributed by atoms with van der Waals surface area (Å²) in [5.41, 5.74) is 1.12. The van der Waals surface area contributed by atoms with Gasteiger partial charge in [-0.1, -0.05) is 25.6 Å². The fraction of sp³-hybridized carbons (Fsp3) is 0.440. The molecule has 32 heavy (non-hydrogen) atoms. The number of nitro groups is 1. The molecule has 0 amide bonds. The molecule has 0 spiro atoms. The van der Waals surface area contributed by atoms with Crippen molar-refractivity contribution in [3.8, 4) is 11.5 Å². The SMILES string of the molecule is C.COc1ccc(C2(C(C)=O)CC2)cc1.COc1ccc(C2(C(C)=O)CC2)cc1[N+](=O)[O-]. The molecule has 0 aliphatic heterocycles. The molecule has 4 rings (SSSR count). The van der Waals surface area contributed by atoms with Crippen LogP contribution < -0.4 is 9.47 Å². The summed E-state index contributed by atoms with van der Waals surface area (Å²) < 4.78 is 10.0. The molecule has 172 valence electrons. The average Bonchev–Trinajstić information content (AvgIpc) is 3.67. The number of Topliss-reactive ketones (excluding diaryl/α,β-unsaturated/α-hetero) is 2. The van der Waals surface area contributed by atoms with E-state index in [9.17, 15) is 19.7 Å². The maximum absolute atomic E-state index is 11.6. The van der Waals surface area contributed by atoms with Crippen molar-refractivity contribution in [3.63, 3.8) is 0 Å². The maximum atomic E-state index is 11.6. The monoisotopic (exact) mass is 441 g/mol. The zero-order valence-corrected chi connectivity index (χ0v) is 18.3. The molecule has 0 bridgehead atoms. The predicted octanol–water partition coefficient (Wildman–Crippen LogP) is 5.18. The number of hydrogen-bond acceptors (Lipinski definition) is 6. The molecule has 2 aliphatic carbocycles. The van der Waals surface area contributed by atoms with E-state index in [0.717, 1.165) is 42.6 Å². The third-order valence-corrected chi connectivity index (χ3v) is 6.42. The first-order chi connectivity index (χ1) is 14.7. The standard InChI is InChI=1S/C12H13NO4.C12H14O2.CH4/c1-8(14)12(5-6-12)9-3-4-11(17-2)10(7-9)13(15)16;1-9(13)12(7-8-12)10-3-5-11(14-2)6-4-10;/h3-4,7H,5-6H2,1-2H3;3-6H,7-8H2,1-2H3;1H4. The Morgan fingerprint density at radius 2 is 1.31 bits per heavy atom.